The lowest BCUT2D eigenvalue weighted by Gasteiger charge is -2.10. The Hall–Kier alpha value is -0.220. The van der Waals surface area contributed by atoms with Crippen LogP contribution in [0.4, 0.5) is 5.13 Å². The van der Waals surface area contributed by atoms with Crippen LogP contribution in [0.2, 0.25) is 0 Å². The van der Waals surface area contributed by atoms with E-state index in [9.17, 15) is 0 Å². The van der Waals surface area contributed by atoms with E-state index in [-0.39, 0.29) is 24.0 Å². The highest BCUT2D eigenvalue weighted by Crippen LogP contribution is 2.17. The third-order valence-electron chi connectivity index (χ3n) is 2.40. The molecule has 0 aliphatic rings. The van der Waals surface area contributed by atoms with E-state index in [4.69, 9.17) is 0 Å². The number of nitrogens with zero attached hydrogens (tertiary/aromatic N) is 3. The van der Waals surface area contributed by atoms with Crippen LogP contribution in [0.3, 0.4) is 0 Å². The SMILES string of the molecule is CN=C(NCCCSC)NCc1csc(N(C)C)n1.I. The molecule has 116 valence electrons. The van der Waals surface area contributed by atoms with Gasteiger partial charge in [0.15, 0.2) is 11.1 Å². The molecule has 0 saturated carbocycles. The summed E-state index contributed by atoms with van der Waals surface area (Å²) in [7, 11) is 5.79. The molecule has 1 heterocycles. The average Bonchev–Trinajstić information content (AvgIpc) is 2.87. The number of rotatable bonds is 7. The first kappa shape index (κ1) is 19.8. The minimum absolute atomic E-state index is 0. The van der Waals surface area contributed by atoms with Crippen molar-refractivity contribution in [2.75, 3.05) is 44.6 Å². The summed E-state index contributed by atoms with van der Waals surface area (Å²) in [5.41, 5.74) is 1.04. The predicted molar refractivity (Wildman–Crippen MR) is 103 cm³/mol. The number of hydrogen-bond acceptors (Lipinski definition) is 5. The van der Waals surface area contributed by atoms with Gasteiger partial charge >= 0.3 is 0 Å². The molecule has 0 atom stereocenters. The van der Waals surface area contributed by atoms with Gasteiger partial charge in [0.25, 0.3) is 0 Å². The van der Waals surface area contributed by atoms with E-state index in [1.165, 1.54) is 5.75 Å². The number of halogens is 1. The Kier molecular flexibility index (Phi) is 11.3. The minimum atomic E-state index is 0. The Balaban J connectivity index is 0.00000361. The van der Waals surface area contributed by atoms with Crippen molar-refractivity contribution in [2.45, 2.75) is 13.0 Å². The van der Waals surface area contributed by atoms with Crippen LogP contribution in [0, 0.1) is 0 Å². The highest BCUT2D eigenvalue weighted by molar-refractivity contribution is 14.0. The largest absolute Gasteiger partial charge is 0.356 e. The number of aliphatic imine (C=N–C) groups is 1. The molecule has 0 radical (unpaired) electrons. The minimum Gasteiger partial charge on any atom is -0.356 e. The standard InChI is InChI=1S/C12H23N5S2.HI/c1-13-11(14-6-5-7-18-4)15-8-10-9-19-12(16-10)17(2)3;/h9H,5-8H2,1-4H3,(H2,13,14,15);1H. The molecule has 20 heavy (non-hydrogen) atoms. The molecule has 0 aromatic carbocycles. The van der Waals surface area contributed by atoms with Gasteiger partial charge in [0.05, 0.1) is 12.2 Å². The topological polar surface area (TPSA) is 52.6 Å². The number of anilines is 1. The fraction of sp³-hybridized carbons (Fsp3) is 0.667. The normalized spacial score (nSPS) is 10.9. The summed E-state index contributed by atoms with van der Waals surface area (Å²) in [6.07, 6.45) is 3.26. The Morgan fingerprint density at radius 2 is 2.20 bits per heavy atom. The Morgan fingerprint density at radius 1 is 1.45 bits per heavy atom. The summed E-state index contributed by atoms with van der Waals surface area (Å²) in [6, 6.07) is 0. The van der Waals surface area contributed by atoms with Crippen molar-refractivity contribution in [2.24, 2.45) is 4.99 Å². The van der Waals surface area contributed by atoms with Gasteiger partial charge in [-0.3, -0.25) is 4.99 Å². The van der Waals surface area contributed by atoms with E-state index in [1.807, 2.05) is 30.8 Å². The van der Waals surface area contributed by atoms with E-state index >= 15 is 0 Å². The van der Waals surface area contributed by atoms with Gasteiger partial charge in [0.1, 0.15) is 0 Å². The summed E-state index contributed by atoms with van der Waals surface area (Å²) in [5, 5.41) is 9.67. The number of thioether (sulfide) groups is 1. The molecule has 0 unspecified atom stereocenters. The maximum atomic E-state index is 4.52. The van der Waals surface area contributed by atoms with Gasteiger partial charge < -0.3 is 15.5 Å². The van der Waals surface area contributed by atoms with E-state index < -0.39 is 0 Å². The van der Waals surface area contributed by atoms with Gasteiger partial charge in [-0.25, -0.2) is 4.98 Å². The first-order valence-corrected chi connectivity index (χ1v) is 8.50. The fourth-order valence-electron chi connectivity index (χ4n) is 1.40. The Morgan fingerprint density at radius 3 is 2.75 bits per heavy atom. The molecule has 0 bridgehead atoms. The number of guanidine groups is 1. The van der Waals surface area contributed by atoms with Gasteiger partial charge in [-0.2, -0.15) is 11.8 Å². The van der Waals surface area contributed by atoms with Crippen molar-refractivity contribution >= 4 is 58.2 Å². The number of aromatic nitrogens is 1. The van der Waals surface area contributed by atoms with Crippen molar-refractivity contribution in [3.8, 4) is 0 Å². The molecule has 0 spiro atoms. The van der Waals surface area contributed by atoms with E-state index in [0.29, 0.717) is 6.54 Å². The number of thiazole rings is 1. The maximum Gasteiger partial charge on any atom is 0.191 e. The Labute approximate surface area is 147 Å². The molecule has 1 rings (SSSR count). The summed E-state index contributed by atoms with van der Waals surface area (Å²) in [6.45, 7) is 1.65. The smallest absolute Gasteiger partial charge is 0.191 e. The summed E-state index contributed by atoms with van der Waals surface area (Å²) in [5.74, 6) is 2.00. The first-order valence-electron chi connectivity index (χ1n) is 6.22. The zero-order valence-electron chi connectivity index (χ0n) is 12.5. The first-order chi connectivity index (χ1) is 9.17. The van der Waals surface area contributed by atoms with Crippen molar-refractivity contribution in [1.82, 2.24) is 15.6 Å². The monoisotopic (exact) mass is 429 g/mol. The lowest BCUT2D eigenvalue weighted by molar-refractivity contribution is 0.778. The zero-order valence-corrected chi connectivity index (χ0v) is 16.4. The third kappa shape index (κ3) is 7.53. The number of hydrogen-bond donors (Lipinski definition) is 2. The van der Waals surface area contributed by atoms with Crippen molar-refractivity contribution in [3.05, 3.63) is 11.1 Å². The van der Waals surface area contributed by atoms with E-state index in [0.717, 1.165) is 29.8 Å². The van der Waals surface area contributed by atoms with Crippen LogP contribution in [0.15, 0.2) is 10.4 Å². The highest BCUT2D eigenvalue weighted by Gasteiger charge is 2.04. The second kappa shape index (κ2) is 11.4. The van der Waals surface area contributed by atoms with Crippen LogP contribution in [-0.4, -0.2) is 50.6 Å². The van der Waals surface area contributed by atoms with Crippen molar-refractivity contribution in [3.63, 3.8) is 0 Å². The molecule has 0 aliphatic heterocycles. The zero-order chi connectivity index (χ0) is 14.1. The number of nitrogens with one attached hydrogen (secondary N) is 2. The molecular weight excluding hydrogens is 405 g/mol. The quantitative estimate of drug-likeness (QED) is 0.302. The van der Waals surface area contributed by atoms with Crippen LogP contribution in [0.1, 0.15) is 12.1 Å². The van der Waals surface area contributed by atoms with Crippen LogP contribution >= 0.6 is 47.1 Å². The fourth-order valence-corrected chi connectivity index (χ4v) is 2.59. The molecule has 1 aromatic heterocycles. The van der Waals surface area contributed by atoms with Gasteiger partial charge in [-0.1, -0.05) is 0 Å². The van der Waals surface area contributed by atoms with Gasteiger partial charge in [-0.05, 0) is 18.4 Å². The summed E-state index contributed by atoms with van der Waals surface area (Å²) in [4.78, 5) is 10.7. The van der Waals surface area contributed by atoms with Gasteiger partial charge in [0.2, 0.25) is 0 Å². The molecule has 5 nitrogen and oxygen atoms in total. The molecule has 0 fully saturated rings. The molecule has 0 aliphatic carbocycles. The molecule has 1 aromatic rings. The molecule has 8 heteroatoms. The average molecular weight is 429 g/mol. The van der Waals surface area contributed by atoms with Crippen LogP contribution in [-0.2, 0) is 6.54 Å². The Bertz CT molecular complexity index is 395. The maximum absolute atomic E-state index is 4.52. The van der Waals surface area contributed by atoms with E-state index in [2.05, 4.69) is 32.2 Å². The molecule has 2 N–H and O–H groups in total. The van der Waals surface area contributed by atoms with Crippen LogP contribution in [0.5, 0.6) is 0 Å². The highest BCUT2D eigenvalue weighted by atomic mass is 127. The van der Waals surface area contributed by atoms with Gasteiger partial charge in [-0.15, -0.1) is 35.3 Å². The van der Waals surface area contributed by atoms with Crippen LogP contribution in [0.25, 0.3) is 0 Å². The summed E-state index contributed by atoms with van der Waals surface area (Å²) >= 11 is 3.52. The summed E-state index contributed by atoms with van der Waals surface area (Å²) < 4.78 is 0. The second-order valence-corrected chi connectivity index (χ2v) is 6.04. The molecular formula is C12H24IN5S2. The van der Waals surface area contributed by atoms with Crippen LogP contribution < -0.4 is 15.5 Å². The van der Waals surface area contributed by atoms with Crippen molar-refractivity contribution in [1.29, 1.82) is 0 Å². The van der Waals surface area contributed by atoms with Gasteiger partial charge in [0, 0.05) is 33.1 Å². The predicted octanol–water partition coefficient (Wildman–Crippen LogP) is 2.25. The molecule has 0 saturated heterocycles. The molecule has 0 amide bonds. The second-order valence-electron chi connectivity index (χ2n) is 4.21. The lowest BCUT2D eigenvalue weighted by Crippen LogP contribution is -2.37. The van der Waals surface area contributed by atoms with E-state index in [1.54, 1.807) is 18.4 Å². The van der Waals surface area contributed by atoms with Crippen molar-refractivity contribution < 1.29 is 0 Å². The lowest BCUT2D eigenvalue weighted by atomic mass is 10.4. The third-order valence-corrected chi connectivity index (χ3v) is 4.15.